The fraction of sp³-hybridized carbons (Fsp3) is 0. The minimum atomic E-state index is -2.27. The van der Waals surface area contributed by atoms with Gasteiger partial charge in [-0.1, -0.05) is 0 Å². The Hall–Kier alpha value is 0.871. The van der Waals surface area contributed by atoms with Crippen LogP contribution in [0.1, 0.15) is 0 Å². The van der Waals surface area contributed by atoms with Gasteiger partial charge in [-0.2, -0.15) is 0 Å². The van der Waals surface area contributed by atoms with Gasteiger partial charge in [-0.25, -0.2) is 0 Å². The predicted molar refractivity (Wildman–Crippen MR) is 9.87 cm³/mol. The van der Waals surface area contributed by atoms with E-state index in [9.17, 15) is 0 Å². The van der Waals surface area contributed by atoms with Gasteiger partial charge in [0.15, 0.2) is 0 Å². The van der Waals surface area contributed by atoms with Gasteiger partial charge in [-0.3, -0.25) is 0 Å². The normalized spacial score (nSPS) is 4.44. The van der Waals surface area contributed by atoms with E-state index in [4.69, 9.17) is 20.3 Å². The van der Waals surface area contributed by atoms with E-state index >= 15 is 0 Å². The van der Waals surface area contributed by atoms with Gasteiger partial charge in [0.2, 0.25) is 0 Å². The summed E-state index contributed by atoms with van der Waals surface area (Å²) in [4.78, 5) is 0. The van der Waals surface area contributed by atoms with E-state index in [2.05, 4.69) is 0 Å². The molecule has 0 rings (SSSR count). The van der Waals surface area contributed by atoms with Gasteiger partial charge in [-0.15, -0.1) is 0 Å². The molecular formula is IrO6RuSn. The minimum absolute atomic E-state index is 1.79. The Bertz CT molecular complexity index is 105. The fourth-order valence-electron chi connectivity index (χ4n) is 0. The molecular weight excluding hydrogens is 508 g/mol. The Kier molecular flexibility index (Phi) is 67.0. The molecule has 0 aromatic rings. The molecule has 0 aliphatic carbocycles. The SMILES string of the molecule is [O]=[Ir]=[O].[O]=[Ru]=[O].[O]=[Sn]=[O]. The van der Waals surface area contributed by atoms with Gasteiger partial charge in [-0.05, 0) is 0 Å². The van der Waals surface area contributed by atoms with Crippen molar-refractivity contribution in [2.75, 3.05) is 0 Å². The third-order valence-corrected chi connectivity index (χ3v) is 0. The summed E-state index contributed by atoms with van der Waals surface area (Å²) in [7, 11) is 0. The molecule has 0 spiro atoms. The molecule has 0 radical (unpaired) electrons. The van der Waals surface area contributed by atoms with E-state index < -0.39 is 55.7 Å². The van der Waals surface area contributed by atoms with Crippen LogP contribution < -0.4 is 0 Å². The van der Waals surface area contributed by atoms with Crippen molar-refractivity contribution in [3.05, 3.63) is 0 Å². The van der Waals surface area contributed by atoms with Crippen LogP contribution in [-0.4, -0.2) is 21.1 Å². The van der Waals surface area contributed by atoms with E-state index in [1.54, 1.807) is 0 Å². The molecule has 0 fully saturated rings. The summed E-state index contributed by atoms with van der Waals surface area (Å²) in [6.07, 6.45) is 0. The number of hydrogen-bond donors (Lipinski definition) is 0. The summed E-state index contributed by atoms with van der Waals surface area (Å²) in [6.45, 7) is 0. The first-order valence-electron chi connectivity index (χ1n) is 0.969. The second-order valence-corrected chi connectivity index (χ2v) is 1.36. The molecule has 0 saturated heterocycles. The number of hydrogen-bond acceptors (Lipinski definition) is 6. The van der Waals surface area contributed by atoms with Gasteiger partial charge >= 0.3 is 76.1 Å². The van der Waals surface area contributed by atoms with E-state index in [0.29, 0.717) is 0 Å². The zero-order valence-corrected chi connectivity index (χ0v) is 10.6. The van der Waals surface area contributed by atoms with Crippen molar-refractivity contribution in [3.8, 4) is 0 Å². The molecule has 0 N–H and O–H groups in total. The summed E-state index contributed by atoms with van der Waals surface area (Å²) in [5.41, 5.74) is 0. The molecule has 0 unspecified atom stereocenters. The van der Waals surface area contributed by atoms with Crippen LogP contribution in [0, 0.1) is 0 Å². The van der Waals surface area contributed by atoms with Crippen LogP contribution in [0.2, 0.25) is 0 Å². The van der Waals surface area contributed by atoms with Crippen LogP contribution in [-0.2, 0) is 54.9 Å². The first-order chi connectivity index (χ1) is 4.24. The molecule has 0 aliphatic heterocycles. The maximum atomic E-state index is 8.54. The van der Waals surface area contributed by atoms with Crippen molar-refractivity contribution in [1.29, 1.82) is 0 Å². The zero-order valence-electron chi connectivity index (χ0n) is 3.64. The van der Waals surface area contributed by atoms with E-state index in [-0.39, 0.29) is 0 Å². The predicted octanol–water partition coefficient (Wildman–Crippen LogP) is -1.10. The van der Waals surface area contributed by atoms with Gasteiger partial charge in [0.25, 0.3) is 0 Å². The number of rotatable bonds is 0. The quantitative estimate of drug-likeness (QED) is 0.386. The Morgan fingerprint density at radius 3 is 1.11 bits per heavy atom. The zero-order chi connectivity index (χ0) is 8.12. The van der Waals surface area contributed by atoms with Crippen molar-refractivity contribution in [2.45, 2.75) is 0 Å². The summed E-state index contributed by atoms with van der Waals surface area (Å²) >= 11 is -6.06. The van der Waals surface area contributed by atoms with Crippen LogP contribution in [0.5, 0.6) is 0 Å². The van der Waals surface area contributed by atoms with Crippen molar-refractivity contribution >= 4 is 21.1 Å². The van der Waals surface area contributed by atoms with Gasteiger partial charge < -0.3 is 0 Å². The standard InChI is InChI=1S/Ir.6O.Ru.Sn. The summed E-state index contributed by atoms with van der Waals surface area (Å²) in [6, 6.07) is 0. The second-order valence-electron chi connectivity index (χ2n) is 0.198. The first-order valence-corrected chi connectivity index (χ1v) is 6.67. The van der Waals surface area contributed by atoms with Crippen molar-refractivity contribution in [1.82, 2.24) is 0 Å². The molecule has 0 aliphatic rings. The molecule has 9 heteroatoms. The summed E-state index contributed by atoms with van der Waals surface area (Å²) in [5.74, 6) is 0. The molecule has 0 amide bonds. The van der Waals surface area contributed by atoms with Gasteiger partial charge in [0.1, 0.15) is 0 Å². The van der Waals surface area contributed by atoms with Crippen LogP contribution in [0.3, 0.4) is 0 Å². The van der Waals surface area contributed by atoms with E-state index in [1.165, 1.54) is 0 Å². The molecule has 0 aromatic heterocycles. The third-order valence-electron chi connectivity index (χ3n) is 0. The van der Waals surface area contributed by atoms with Crippen LogP contribution >= 0.6 is 0 Å². The summed E-state index contributed by atoms with van der Waals surface area (Å²) in [5, 5.41) is 0. The average molecular weight is 508 g/mol. The Labute approximate surface area is 75.4 Å². The molecule has 9 heavy (non-hydrogen) atoms. The maximum absolute atomic E-state index is 8.54. The monoisotopic (exact) mass is 511 g/mol. The second kappa shape index (κ2) is 36.7. The Morgan fingerprint density at radius 2 is 1.11 bits per heavy atom. The molecule has 0 atom stereocenters. The molecule has 0 saturated carbocycles. The van der Waals surface area contributed by atoms with Crippen LogP contribution in [0.25, 0.3) is 0 Å². The third kappa shape index (κ3) is 552. The van der Waals surface area contributed by atoms with E-state index in [0.717, 1.165) is 0 Å². The average Bonchev–Trinajstić information content (AvgIpc) is 1.70. The van der Waals surface area contributed by atoms with Crippen LogP contribution in [0.4, 0.5) is 0 Å². The first kappa shape index (κ1) is 16.5. The Balaban J connectivity index is -0.0000000600. The summed E-state index contributed by atoms with van der Waals surface area (Å²) < 4.78 is 51.0. The van der Waals surface area contributed by atoms with Crippen molar-refractivity contribution < 1.29 is 54.9 Å². The topological polar surface area (TPSA) is 102 Å². The molecule has 57 valence electrons. The Morgan fingerprint density at radius 1 is 1.11 bits per heavy atom. The van der Waals surface area contributed by atoms with Crippen molar-refractivity contribution in [2.24, 2.45) is 0 Å². The van der Waals surface area contributed by atoms with Crippen molar-refractivity contribution in [3.63, 3.8) is 0 Å². The van der Waals surface area contributed by atoms with Crippen LogP contribution in [0.15, 0.2) is 0 Å². The van der Waals surface area contributed by atoms with Gasteiger partial charge in [0, 0.05) is 0 Å². The molecule has 0 heterocycles. The molecule has 6 nitrogen and oxygen atoms in total. The van der Waals surface area contributed by atoms with Gasteiger partial charge in [0.05, 0.1) is 0 Å². The molecule has 0 bridgehead atoms. The fourth-order valence-corrected chi connectivity index (χ4v) is 0. The van der Waals surface area contributed by atoms with E-state index in [1.807, 2.05) is 0 Å². The molecule has 0 aromatic carbocycles.